The first-order chi connectivity index (χ1) is 12.5. The number of thioether (sulfide) groups is 1. The lowest BCUT2D eigenvalue weighted by atomic mass is 10.1. The fourth-order valence-electron chi connectivity index (χ4n) is 2.73. The van der Waals surface area contributed by atoms with Gasteiger partial charge in [-0.3, -0.25) is 9.59 Å². The van der Waals surface area contributed by atoms with Gasteiger partial charge in [0.2, 0.25) is 5.91 Å². The number of nitrogens with two attached hydrogens (primary N) is 1. The average Bonchev–Trinajstić information content (AvgIpc) is 3.12. The Morgan fingerprint density at radius 1 is 1.46 bits per heavy atom. The number of nitrogens with one attached hydrogen (secondary N) is 2. The van der Waals surface area contributed by atoms with Crippen molar-refractivity contribution in [2.24, 2.45) is 0 Å². The maximum absolute atomic E-state index is 12.3. The number of nitrogen functional groups attached to an aromatic ring is 1. The number of nitrogens with zero attached hydrogens (tertiary/aromatic N) is 1. The van der Waals surface area contributed by atoms with Gasteiger partial charge in [0.15, 0.2) is 5.16 Å². The van der Waals surface area contributed by atoms with Gasteiger partial charge in [0.25, 0.3) is 5.56 Å². The maximum atomic E-state index is 12.3. The predicted molar refractivity (Wildman–Crippen MR) is 101 cm³/mol. The number of hydrogen-bond donors (Lipinski definition) is 3. The fraction of sp³-hybridized carbons (Fsp3) is 0.375. The van der Waals surface area contributed by atoms with E-state index in [1.165, 1.54) is 17.4 Å². The van der Waals surface area contributed by atoms with Gasteiger partial charge < -0.3 is 20.8 Å². The highest BCUT2D eigenvalue weighted by molar-refractivity contribution is 7.99. The van der Waals surface area contributed by atoms with Crippen molar-refractivity contribution in [3.8, 4) is 0 Å². The highest BCUT2D eigenvalue weighted by atomic mass is 32.2. The quantitative estimate of drug-likeness (QED) is 0.387. The summed E-state index contributed by atoms with van der Waals surface area (Å²) in [7, 11) is 0. The van der Waals surface area contributed by atoms with Crippen LogP contribution in [0.4, 0.5) is 10.8 Å². The Bertz CT molecular complexity index is 906. The molecule has 0 saturated carbocycles. The lowest BCUT2D eigenvalue weighted by molar-refractivity contribution is -0.113. The molecular formula is C16H18N4O4S2. The van der Waals surface area contributed by atoms with E-state index in [-0.39, 0.29) is 34.8 Å². The van der Waals surface area contributed by atoms with E-state index in [0.29, 0.717) is 10.6 Å². The van der Waals surface area contributed by atoms with Crippen LogP contribution in [0.25, 0.3) is 0 Å². The van der Waals surface area contributed by atoms with E-state index in [1.807, 2.05) is 0 Å². The molecule has 0 aliphatic heterocycles. The summed E-state index contributed by atoms with van der Waals surface area (Å²) in [4.78, 5) is 43.5. The van der Waals surface area contributed by atoms with Gasteiger partial charge in [0.1, 0.15) is 10.8 Å². The summed E-state index contributed by atoms with van der Waals surface area (Å²) >= 11 is 2.48. The zero-order chi connectivity index (χ0) is 18.7. The molecule has 0 bridgehead atoms. The Labute approximate surface area is 157 Å². The van der Waals surface area contributed by atoms with Gasteiger partial charge in [-0.05, 0) is 31.7 Å². The Morgan fingerprint density at radius 2 is 2.27 bits per heavy atom. The minimum absolute atomic E-state index is 0.0250. The van der Waals surface area contributed by atoms with E-state index in [2.05, 4.69) is 15.3 Å². The predicted octanol–water partition coefficient (Wildman–Crippen LogP) is 1.81. The van der Waals surface area contributed by atoms with Crippen LogP contribution in [0, 0.1) is 0 Å². The zero-order valence-electron chi connectivity index (χ0n) is 14.1. The first kappa shape index (κ1) is 18.5. The van der Waals surface area contributed by atoms with Crippen molar-refractivity contribution in [3.63, 3.8) is 0 Å². The number of anilines is 2. The smallest absolute Gasteiger partial charge is 0.341 e. The molecule has 0 saturated heterocycles. The van der Waals surface area contributed by atoms with Gasteiger partial charge in [-0.2, -0.15) is 0 Å². The molecule has 10 heteroatoms. The SMILES string of the molecule is CCOC(=O)c1c(NC(=O)CSc2nc(N)cc(=O)[nH]2)sc2c1CCC2. The number of aromatic nitrogens is 2. The normalized spacial score (nSPS) is 12.7. The molecule has 138 valence electrons. The summed E-state index contributed by atoms with van der Waals surface area (Å²) in [5.74, 6) is -0.588. The Morgan fingerprint density at radius 3 is 3.00 bits per heavy atom. The van der Waals surface area contributed by atoms with Gasteiger partial charge in [0.05, 0.1) is 17.9 Å². The van der Waals surface area contributed by atoms with E-state index in [0.717, 1.165) is 41.5 Å². The number of ether oxygens (including phenoxy) is 1. The van der Waals surface area contributed by atoms with Crippen LogP contribution in [0.1, 0.15) is 34.1 Å². The van der Waals surface area contributed by atoms with Gasteiger partial charge in [-0.25, -0.2) is 9.78 Å². The second-order valence-electron chi connectivity index (χ2n) is 5.59. The Hall–Kier alpha value is -2.33. The van der Waals surface area contributed by atoms with Gasteiger partial charge in [0, 0.05) is 10.9 Å². The Balaban J connectivity index is 1.71. The molecule has 1 aliphatic rings. The van der Waals surface area contributed by atoms with Crippen molar-refractivity contribution >= 4 is 45.8 Å². The summed E-state index contributed by atoms with van der Waals surface area (Å²) < 4.78 is 5.14. The molecule has 0 fully saturated rings. The number of carbonyl (C=O) groups is 2. The number of amides is 1. The molecule has 2 heterocycles. The number of carbonyl (C=O) groups excluding carboxylic acids is 2. The number of H-pyrrole nitrogens is 1. The average molecular weight is 394 g/mol. The molecule has 26 heavy (non-hydrogen) atoms. The van der Waals surface area contributed by atoms with Gasteiger partial charge in [-0.1, -0.05) is 11.8 Å². The topological polar surface area (TPSA) is 127 Å². The number of aryl methyl sites for hydroxylation is 1. The maximum Gasteiger partial charge on any atom is 0.341 e. The van der Waals surface area contributed by atoms with Crippen LogP contribution in [0.5, 0.6) is 0 Å². The molecule has 0 atom stereocenters. The first-order valence-electron chi connectivity index (χ1n) is 8.09. The number of esters is 1. The molecule has 0 radical (unpaired) electrons. The zero-order valence-corrected chi connectivity index (χ0v) is 15.7. The highest BCUT2D eigenvalue weighted by Gasteiger charge is 2.28. The fourth-order valence-corrected chi connectivity index (χ4v) is 4.71. The van der Waals surface area contributed by atoms with Crippen molar-refractivity contribution in [1.29, 1.82) is 0 Å². The van der Waals surface area contributed by atoms with Crippen LogP contribution in [0.3, 0.4) is 0 Å². The Kier molecular flexibility index (Phi) is 5.62. The molecule has 3 rings (SSSR count). The lowest BCUT2D eigenvalue weighted by Crippen LogP contribution is -2.17. The standard InChI is InChI=1S/C16H18N4O4S2/c1-2-24-15(23)13-8-4-3-5-9(8)26-14(13)19-12(22)7-25-16-18-10(17)6-11(21)20-16/h6H,2-5,7H2,1H3,(H,19,22)(H3,17,18,20,21). The van der Waals surface area contributed by atoms with Gasteiger partial charge >= 0.3 is 5.97 Å². The van der Waals surface area contributed by atoms with Crippen molar-refractivity contribution < 1.29 is 14.3 Å². The second-order valence-corrected chi connectivity index (χ2v) is 7.66. The van der Waals surface area contributed by atoms with Crippen molar-refractivity contribution in [2.45, 2.75) is 31.3 Å². The summed E-state index contributed by atoms with van der Waals surface area (Å²) in [6.07, 6.45) is 2.73. The van der Waals surface area contributed by atoms with E-state index < -0.39 is 5.97 Å². The van der Waals surface area contributed by atoms with Crippen molar-refractivity contribution in [3.05, 3.63) is 32.4 Å². The second kappa shape index (κ2) is 7.92. The molecule has 1 aliphatic carbocycles. The summed E-state index contributed by atoms with van der Waals surface area (Å²) in [6, 6.07) is 1.17. The van der Waals surface area contributed by atoms with Crippen LogP contribution in [-0.4, -0.2) is 34.2 Å². The molecule has 2 aromatic rings. The molecule has 2 aromatic heterocycles. The minimum Gasteiger partial charge on any atom is -0.462 e. The van der Waals surface area contributed by atoms with Crippen LogP contribution in [-0.2, 0) is 22.4 Å². The van der Waals surface area contributed by atoms with Gasteiger partial charge in [-0.15, -0.1) is 11.3 Å². The molecule has 0 spiro atoms. The number of thiophene rings is 1. The van der Waals surface area contributed by atoms with E-state index in [9.17, 15) is 14.4 Å². The van der Waals surface area contributed by atoms with Crippen LogP contribution in [0.2, 0.25) is 0 Å². The van der Waals surface area contributed by atoms with Crippen LogP contribution < -0.4 is 16.6 Å². The molecular weight excluding hydrogens is 376 g/mol. The highest BCUT2D eigenvalue weighted by Crippen LogP contribution is 2.39. The largest absolute Gasteiger partial charge is 0.462 e. The number of rotatable bonds is 6. The molecule has 1 amide bonds. The third kappa shape index (κ3) is 4.07. The first-order valence-corrected chi connectivity index (χ1v) is 9.89. The number of aromatic amines is 1. The third-order valence-corrected chi connectivity index (χ3v) is 5.81. The van der Waals surface area contributed by atoms with E-state index in [4.69, 9.17) is 10.5 Å². The minimum atomic E-state index is -0.406. The van der Waals surface area contributed by atoms with Crippen molar-refractivity contribution in [2.75, 3.05) is 23.4 Å². The van der Waals surface area contributed by atoms with Crippen LogP contribution in [0.15, 0.2) is 16.0 Å². The monoisotopic (exact) mass is 394 g/mol. The molecule has 8 nitrogen and oxygen atoms in total. The summed E-state index contributed by atoms with van der Waals surface area (Å²) in [5.41, 5.74) is 6.60. The lowest BCUT2D eigenvalue weighted by Gasteiger charge is -2.08. The number of fused-ring (bicyclic) bond motifs is 1. The third-order valence-electron chi connectivity index (χ3n) is 3.73. The van der Waals surface area contributed by atoms with E-state index in [1.54, 1.807) is 6.92 Å². The summed E-state index contributed by atoms with van der Waals surface area (Å²) in [5, 5.41) is 3.57. The van der Waals surface area contributed by atoms with Crippen molar-refractivity contribution in [1.82, 2.24) is 9.97 Å². The van der Waals surface area contributed by atoms with Crippen LogP contribution >= 0.6 is 23.1 Å². The molecule has 4 N–H and O–H groups in total. The number of hydrogen-bond acceptors (Lipinski definition) is 8. The summed E-state index contributed by atoms with van der Waals surface area (Å²) in [6.45, 7) is 2.03. The van der Waals surface area contributed by atoms with E-state index >= 15 is 0 Å². The molecule has 0 unspecified atom stereocenters. The molecule has 0 aromatic carbocycles.